The zero-order valence-corrected chi connectivity index (χ0v) is 10.4. The molecule has 2 aromatic heterocycles. The van der Waals surface area contributed by atoms with E-state index in [1.165, 1.54) is 0 Å². The Bertz CT molecular complexity index is 474. The zero-order chi connectivity index (χ0) is 12.3. The molecule has 2 rings (SSSR count). The third-order valence-corrected chi connectivity index (χ3v) is 2.36. The molecule has 92 valence electrons. The lowest BCUT2D eigenvalue weighted by Gasteiger charge is -2.03. The maximum absolute atomic E-state index is 5.30. The highest BCUT2D eigenvalue weighted by Gasteiger charge is 2.13. The molecule has 5 heteroatoms. The highest BCUT2D eigenvalue weighted by atomic mass is 16.5. The normalized spacial score (nSPS) is 11.3. The van der Waals surface area contributed by atoms with E-state index in [4.69, 9.17) is 8.94 Å². The van der Waals surface area contributed by atoms with Crippen LogP contribution in [0.1, 0.15) is 25.3 Å². The van der Waals surface area contributed by atoms with Gasteiger partial charge in [0.05, 0.1) is 12.8 Å². The van der Waals surface area contributed by atoms with Crippen LogP contribution in [0.2, 0.25) is 0 Å². The Morgan fingerprint density at radius 3 is 2.88 bits per heavy atom. The van der Waals surface area contributed by atoms with Crippen molar-refractivity contribution >= 4 is 0 Å². The third-order valence-electron chi connectivity index (χ3n) is 2.36. The SMILES string of the molecule is Cc1ccoc1-c1noc(CNCC(C)C)n1. The molecule has 0 saturated heterocycles. The topological polar surface area (TPSA) is 64.1 Å². The molecule has 0 atom stereocenters. The predicted octanol–water partition coefficient (Wildman–Crippen LogP) is 2.38. The number of hydrogen-bond donors (Lipinski definition) is 1. The molecule has 2 aromatic rings. The molecular weight excluding hydrogens is 218 g/mol. The van der Waals surface area contributed by atoms with Gasteiger partial charge in [0.1, 0.15) is 0 Å². The van der Waals surface area contributed by atoms with Crippen LogP contribution in [0.4, 0.5) is 0 Å². The van der Waals surface area contributed by atoms with Crippen LogP contribution in [-0.2, 0) is 6.54 Å². The Hall–Kier alpha value is -1.62. The van der Waals surface area contributed by atoms with Crippen LogP contribution in [-0.4, -0.2) is 16.7 Å². The molecule has 0 aromatic carbocycles. The first-order valence-corrected chi connectivity index (χ1v) is 5.74. The summed E-state index contributed by atoms with van der Waals surface area (Å²) in [5, 5.41) is 7.14. The van der Waals surface area contributed by atoms with Crippen LogP contribution in [0.25, 0.3) is 11.6 Å². The van der Waals surface area contributed by atoms with E-state index < -0.39 is 0 Å². The van der Waals surface area contributed by atoms with Gasteiger partial charge in [-0.15, -0.1) is 0 Å². The average molecular weight is 235 g/mol. The molecule has 0 aliphatic carbocycles. The maximum atomic E-state index is 5.30. The van der Waals surface area contributed by atoms with E-state index in [9.17, 15) is 0 Å². The number of hydrogen-bond acceptors (Lipinski definition) is 5. The summed E-state index contributed by atoms with van der Waals surface area (Å²) >= 11 is 0. The lowest BCUT2D eigenvalue weighted by molar-refractivity contribution is 0.363. The first kappa shape index (κ1) is 11.9. The fraction of sp³-hybridized carbons (Fsp3) is 0.500. The van der Waals surface area contributed by atoms with Crippen molar-refractivity contribution in [1.29, 1.82) is 0 Å². The molecule has 0 amide bonds. The summed E-state index contributed by atoms with van der Waals surface area (Å²) in [6.45, 7) is 7.77. The summed E-state index contributed by atoms with van der Waals surface area (Å²) < 4.78 is 10.4. The van der Waals surface area contributed by atoms with Crippen molar-refractivity contribution in [2.45, 2.75) is 27.3 Å². The van der Waals surface area contributed by atoms with Gasteiger partial charge in [-0.2, -0.15) is 4.98 Å². The third kappa shape index (κ3) is 2.94. The maximum Gasteiger partial charge on any atom is 0.241 e. The molecule has 0 unspecified atom stereocenters. The first-order valence-electron chi connectivity index (χ1n) is 5.74. The highest BCUT2D eigenvalue weighted by molar-refractivity contribution is 5.50. The first-order chi connectivity index (χ1) is 8.16. The fourth-order valence-electron chi connectivity index (χ4n) is 1.49. The second-order valence-corrected chi connectivity index (χ2v) is 4.47. The van der Waals surface area contributed by atoms with Crippen molar-refractivity contribution in [2.75, 3.05) is 6.54 Å². The van der Waals surface area contributed by atoms with Gasteiger partial charge in [-0.1, -0.05) is 19.0 Å². The van der Waals surface area contributed by atoms with Gasteiger partial charge in [0.25, 0.3) is 0 Å². The zero-order valence-electron chi connectivity index (χ0n) is 10.4. The Balaban J connectivity index is 1.99. The monoisotopic (exact) mass is 235 g/mol. The van der Waals surface area contributed by atoms with Crippen LogP contribution < -0.4 is 5.32 Å². The fourth-order valence-corrected chi connectivity index (χ4v) is 1.49. The summed E-state index contributed by atoms with van der Waals surface area (Å²) in [6, 6.07) is 1.88. The van der Waals surface area contributed by atoms with Crippen LogP contribution in [0, 0.1) is 12.8 Å². The summed E-state index contributed by atoms with van der Waals surface area (Å²) in [5.74, 6) is 2.36. The Morgan fingerprint density at radius 2 is 2.24 bits per heavy atom. The standard InChI is InChI=1S/C12H17N3O2/c1-8(2)6-13-7-10-14-12(15-17-10)11-9(3)4-5-16-11/h4-5,8,13H,6-7H2,1-3H3. The van der Waals surface area contributed by atoms with Gasteiger partial charge >= 0.3 is 0 Å². The Morgan fingerprint density at radius 1 is 1.41 bits per heavy atom. The minimum Gasteiger partial charge on any atom is -0.461 e. The van der Waals surface area contributed by atoms with Crippen molar-refractivity contribution in [2.24, 2.45) is 5.92 Å². The van der Waals surface area contributed by atoms with Crippen molar-refractivity contribution in [1.82, 2.24) is 15.5 Å². The minimum atomic E-state index is 0.508. The molecule has 0 bridgehead atoms. The Labute approximate surface area is 100 Å². The largest absolute Gasteiger partial charge is 0.461 e. The minimum absolute atomic E-state index is 0.508. The molecule has 0 saturated carbocycles. The quantitative estimate of drug-likeness (QED) is 0.862. The van der Waals surface area contributed by atoms with Gasteiger partial charge in [-0.3, -0.25) is 0 Å². The van der Waals surface area contributed by atoms with E-state index >= 15 is 0 Å². The van der Waals surface area contributed by atoms with Crippen molar-refractivity contribution in [3.63, 3.8) is 0 Å². The van der Waals surface area contributed by atoms with Crippen molar-refractivity contribution < 1.29 is 8.94 Å². The smallest absolute Gasteiger partial charge is 0.241 e. The van der Waals surface area contributed by atoms with Crippen LogP contribution in [0.3, 0.4) is 0 Å². The molecule has 17 heavy (non-hydrogen) atoms. The lowest BCUT2D eigenvalue weighted by Crippen LogP contribution is -2.19. The van der Waals surface area contributed by atoms with Gasteiger partial charge in [0, 0.05) is 0 Å². The second kappa shape index (κ2) is 5.14. The van der Waals surface area contributed by atoms with Crippen LogP contribution in [0.15, 0.2) is 21.3 Å². The molecule has 0 spiro atoms. The van der Waals surface area contributed by atoms with Crippen molar-refractivity contribution in [3.05, 3.63) is 23.8 Å². The van der Waals surface area contributed by atoms with E-state index in [-0.39, 0.29) is 0 Å². The van der Waals surface area contributed by atoms with E-state index in [1.54, 1.807) is 6.26 Å². The van der Waals surface area contributed by atoms with Gasteiger partial charge in [0.15, 0.2) is 5.76 Å². The molecule has 0 radical (unpaired) electrons. The molecule has 1 N–H and O–H groups in total. The van der Waals surface area contributed by atoms with Crippen LogP contribution >= 0.6 is 0 Å². The molecule has 0 aliphatic heterocycles. The van der Waals surface area contributed by atoms with Crippen LogP contribution in [0.5, 0.6) is 0 Å². The van der Waals surface area contributed by atoms with E-state index in [0.717, 1.165) is 12.1 Å². The average Bonchev–Trinajstić information content (AvgIpc) is 2.86. The molecule has 0 fully saturated rings. The van der Waals surface area contributed by atoms with E-state index in [0.29, 0.717) is 29.9 Å². The number of rotatable bonds is 5. The summed E-state index contributed by atoms with van der Waals surface area (Å²) in [4.78, 5) is 4.28. The number of nitrogens with zero attached hydrogens (tertiary/aromatic N) is 2. The summed E-state index contributed by atoms with van der Waals surface area (Å²) in [5.41, 5.74) is 1.01. The number of nitrogens with one attached hydrogen (secondary N) is 1. The van der Waals surface area contributed by atoms with Crippen molar-refractivity contribution in [3.8, 4) is 11.6 Å². The van der Waals surface area contributed by atoms with E-state index in [2.05, 4.69) is 29.3 Å². The number of furan rings is 1. The Kier molecular flexibility index (Phi) is 3.58. The predicted molar refractivity (Wildman–Crippen MR) is 63.3 cm³/mol. The summed E-state index contributed by atoms with van der Waals surface area (Å²) in [6.07, 6.45) is 1.62. The molecular formula is C12H17N3O2. The van der Waals surface area contributed by atoms with Gasteiger partial charge in [-0.05, 0) is 31.0 Å². The second-order valence-electron chi connectivity index (χ2n) is 4.47. The lowest BCUT2D eigenvalue weighted by atomic mass is 10.2. The number of aryl methyl sites for hydroxylation is 1. The highest BCUT2D eigenvalue weighted by Crippen LogP contribution is 2.20. The number of aromatic nitrogens is 2. The molecule has 2 heterocycles. The van der Waals surface area contributed by atoms with E-state index in [1.807, 2.05) is 13.0 Å². The molecule has 5 nitrogen and oxygen atoms in total. The summed E-state index contributed by atoms with van der Waals surface area (Å²) in [7, 11) is 0. The van der Waals surface area contributed by atoms with Gasteiger partial charge < -0.3 is 14.3 Å². The molecule has 0 aliphatic rings. The van der Waals surface area contributed by atoms with Gasteiger partial charge in [0.2, 0.25) is 11.7 Å². The van der Waals surface area contributed by atoms with Gasteiger partial charge in [-0.25, -0.2) is 0 Å².